The highest BCUT2D eigenvalue weighted by molar-refractivity contribution is 5.67. The molecule has 0 saturated carbocycles. The number of nitrogens with two attached hydrogens (primary N) is 1. The van der Waals surface area contributed by atoms with Crippen LogP contribution in [0.2, 0.25) is 0 Å². The van der Waals surface area contributed by atoms with Gasteiger partial charge in [-0.3, -0.25) is 4.79 Å². The second-order valence-electron chi connectivity index (χ2n) is 4.57. The van der Waals surface area contributed by atoms with Gasteiger partial charge in [0.1, 0.15) is 0 Å². The van der Waals surface area contributed by atoms with Crippen LogP contribution in [0.1, 0.15) is 37.3 Å². The molecule has 0 aliphatic carbocycles. The van der Waals surface area contributed by atoms with Gasteiger partial charge in [-0.25, -0.2) is 9.97 Å². The zero-order chi connectivity index (χ0) is 13.0. The van der Waals surface area contributed by atoms with Crippen LogP contribution < -0.4 is 10.6 Å². The quantitative estimate of drug-likeness (QED) is 0.826. The Bertz CT molecular complexity index is 401. The van der Waals surface area contributed by atoms with Crippen LogP contribution in [-0.4, -0.2) is 34.1 Å². The Hall–Kier alpha value is -1.69. The van der Waals surface area contributed by atoms with Gasteiger partial charge in [-0.15, -0.1) is 0 Å². The summed E-state index contributed by atoms with van der Waals surface area (Å²) < 4.78 is 0. The zero-order valence-corrected chi connectivity index (χ0v) is 10.2. The third-order valence-corrected chi connectivity index (χ3v) is 3.12. The standard InChI is InChI=1S/C12H18N4O2/c13-10(6-11(17)18)9-7-14-12(15-8-9)16-4-2-1-3-5-16/h7-8,10H,1-6,13H2,(H,17,18). The fourth-order valence-corrected chi connectivity index (χ4v) is 2.09. The number of carbonyl (C=O) groups is 1. The van der Waals surface area contributed by atoms with Crippen molar-refractivity contribution in [2.45, 2.75) is 31.7 Å². The lowest BCUT2D eigenvalue weighted by atomic mass is 10.1. The van der Waals surface area contributed by atoms with Gasteiger partial charge in [0.25, 0.3) is 0 Å². The topological polar surface area (TPSA) is 92.3 Å². The predicted octanol–water partition coefficient (Wildman–Crippen LogP) is 0.941. The normalized spacial score (nSPS) is 17.5. The van der Waals surface area contributed by atoms with E-state index in [2.05, 4.69) is 14.9 Å². The minimum absolute atomic E-state index is 0.105. The van der Waals surface area contributed by atoms with E-state index in [1.165, 1.54) is 19.3 Å². The Kier molecular flexibility index (Phi) is 4.09. The van der Waals surface area contributed by atoms with Crippen LogP contribution >= 0.6 is 0 Å². The van der Waals surface area contributed by atoms with Crippen molar-refractivity contribution in [3.05, 3.63) is 18.0 Å². The second kappa shape index (κ2) is 5.77. The molecule has 1 fully saturated rings. The predicted molar refractivity (Wildman–Crippen MR) is 67.3 cm³/mol. The average Bonchev–Trinajstić information content (AvgIpc) is 2.39. The number of rotatable bonds is 4. The first-order valence-electron chi connectivity index (χ1n) is 6.21. The van der Waals surface area contributed by atoms with Crippen molar-refractivity contribution in [3.63, 3.8) is 0 Å². The van der Waals surface area contributed by atoms with Gasteiger partial charge in [-0.05, 0) is 19.3 Å². The maximum atomic E-state index is 10.6. The number of carboxylic acids is 1. The van der Waals surface area contributed by atoms with Crippen LogP contribution in [0.15, 0.2) is 12.4 Å². The monoisotopic (exact) mass is 250 g/mol. The van der Waals surface area contributed by atoms with Crippen LogP contribution in [0.25, 0.3) is 0 Å². The van der Waals surface area contributed by atoms with Gasteiger partial charge in [-0.2, -0.15) is 0 Å². The van der Waals surface area contributed by atoms with Crippen molar-refractivity contribution >= 4 is 11.9 Å². The third-order valence-electron chi connectivity index (χ3n) is 3.12. The number of piperidine rings is 1. The summed E-state index contributed by atoms with van der Waals surface area (Å²) in [7, 11) is 0. The van der Waals surface area contributed by atoms with Crippen molar-refractivity contribution in [2.75, 3.05) is 18.0 Å². The van der Waals surface area contributed by atoms with Crippen molar-refractivity contribution in [1.29, 1.82) is 0 Å². The Balaban J connectivity index is 2.02. The van der Waals surface area contributed by atoms with Gasteiger partial charge in [0.05, 0.1) is 6.42 Å². The molecule has 6 nitrogen and oxygen atoms in total. The lowest BCUT2D eigenvalue weighted by Crippen LogP contribution is -2.31. The molecule has 1 atom stereocenters. The summed E-state index contributed by atoms with van der Waals surface area (Å²) in [5.74, 6) is -0.205. The van der Waals surface area contributed by atoms with Gasteiger partial charge in [0.2, 0.25) is 5.95 Å². The molecule has 2 heterocycles. The van der Waals surface area contributed by atoms with Gasteiger partial charge in [0, 0.05) is 37.1 Å². The number of nitrogens with zero attached hydrogens (tertiary/aromatic N) is 3. The van der Waals surface area contributed by atoms with Crippen molar-refractivity contribution in [1.82, 2.24) is 9.97 Å². The van der Waals surface area contributed by atoms with Gasteiger partial charge in [-0.1, -0.05) is 0 Å². The summed E-state index contributed by atoms with van der Waals surface area (Å²) >= 11 is 0. The molecule has 1 aromatic heterocycles. The first kappa shape index (κ1) is 12.8. The minimum atomic E-state index is -0.914. The van der Waals surface area contributed by atoms with E-state index >= 15 is 0 Å². The fraction of sp³-hybridized carbons (Fsp3) is 0.583. The van der Waals surface area contributed by atoms with E-state index in [0.29, 0.717) is 11.5 Å². The van der Waals surface area contributed by atoms with Crippen molar-refractivity contribution in [3.8, 4) is 0 Å². The zero-order valence-electron chi connectivity index (χ0n) is 10.2. The summed E-state index contributed by atoms with van der Waals surface area (Å²) in [4.78, 5) is 21.3. The summed E-state index contributed by atoms with van der Waals surface area (Å²) in [6.45, 7) is 1.97. The Morgan fingerprint density at radius 3 is 2.50 bits per heavy atom. The van der Waals surface area contributed by atoms with Gasteiger partial charge >= 0.3 is 5.97 Å². The number of anilines is 1. The molecular weight excluding hydrogens is 232 g/mol. The number of aromatic nitrogens is 2. The number of hydrogen-bond acceptors (Lipinski definition) is 5. The molecule has 1 saturated heterocycles. The van der Waals surface area contributed by atoms with E-state index in [-0.39, 0.29) is 6.42 Å². The molecule has 18 heavy (non-hydrogen) atoms. The van der Waals surface area contributed by atoms with E-state index in [1.54, 1.807) is 12.4 Å². The lowest BCUT2D eigenvalue weighted by Gasteiger charge is -2.26. The van der Waals surface area contributed by atoms with Crippen LogP contribution in [0.5, 0.6) is 0 Å². The molecule has 0 bridgehead atoms. The highest BCUT2D eigenvalue weighted by Crippen LogP contribution is 2.17. The smallest absolute Gasteiger partial charge is 0.305 e. The highest BCUT2D eigenvalue weighted by Gasteiger charge is 2.15. The number of hydrogen-bond donors (Lipinski definition) is 2. The number of aliphatic carboxylic acids is 1. The Labute approximate surface area is 106 Å². The largest absolute Gasteiger partial charge is 0.481 e. The molecule has 2 rings (SSSR count). The molecule has 1 aliphatic heterocycles. The van der Waals surface area contributed by atoms with E-state index in [0.717, 1.165) is 13.1 Å². The second-order valence-corrected chi connectivity index (χ2v) is 4.57. The molecule has 98 valence electrons. The Morgan fingerprint density at radius 2 is 1.94 bits per heavy atom. The highest BCUT2D eigenvalue weighted by atomic mass is 16.4. The SMILES string of the molecule is NC(CC(=O)O)c1cnc(N2CCCCC2)nc1. The maximum Gasteiger partial charge on any atom is 0.305 e. The first-order valence-corrected chi connectivity index (χ1v) is 6.21. The van der Waals surface area contributed by atoms with E-state index in [9.17, 15) is 4.79 Å². The Morgan fingerprint density at radius 1 is 1.33 bits per heavy atom. The lowest BCUT2D eigenvalue weighted by molar-refractivity contribution is -0.137. The maximum absolute atomic E-state index is 10.6. The molecule has 1 aliphatic rings. The van der Waals surface area contributed by atoms with Crippen molar-refractivity contribution < 1.29 is 9.90 Å². The molecular formula is C12H18N4O2. The van der Waals surface area contributed by atoms with Gasteiger partial charge < -0.3 is 15.7 Å². The number of carboxylic acid groups (broad SMARTS) is 1. The third kappa shape index (κ3) is 3.16. The van der Waals surface area contributed by atoms with E-state index in [1.807, 2.05) is 0 Å². The molecule has 1 aromatic rings. The average molecular weight is 250 g/mol. The summed E-state index contributed by atoms with van der Waals surface area (Å²) in [5.41, 5.74) is 6.41. The molecule has 0 amide bonds. The van der Waals surface area contributed by atoms with Crippen molar-refractivity contribution in [2.24, 2.45) is 5.73 Å². The van der Waals surface area contributed by atoms with E-state index < -0.39 is 12.0 Å². The van der Waals surface area contributed by atoms with Gasteiger partial charge in [0.15, 0.2) is 0 Å². The minimum Gasteiger partial charge on any atom is -0.481 e. The van der Waals surface area contributed by atoms with Crippen LogP contribution in [0, 0.1) is 0 Å². The first-order chi connectivity index (χ1) is 8.66. The molecule has 0 radical (unpaired) electrons. The fourth-order valence-electron chi connectivity index (χ4n) is 2.09. The van der Waals surface area contributed by atoms with E-state index in [4.69, 9.17) is 10.8 Å². The summed E-state index contributed by atoms with van der Waals surface area (Å²) in [5, 5.41) is 8.67. The molecule has 0 aromatic carbocycles. The summed E-state index contributed by atoms with van der Waals surface area (Å²) in [6.07, 6.45) is 6.76. The van der Waals surface area contributed by atoms with Crippen LogP contribution in [-0.2, 0) is 4.79 Å². The van der Waals surface area contributed by atoms with Crippen LogP contribution in [0.3, 0.4) is 0 Å². The molecule has 6 heteroatoms. The summed E-state index contributed by atoms with van der Waals surface area (Å²) in [6, 6.07) is -0.544. The van der Waals surface area contributed by atoms with Crippen LogP contribution in [0.4, 0.5) is 5.95 Å². The molecule has 0 spiro atoms. The molecule has 3 N–H and O–H groups in total. The molecule has 1 unspecified atom stereocenters.